The van der Waals surface area contributed by atoms with E-state index in [1.54, 1.807) is 0 Å². The minimum absolute atomic E-state index is 0. The van der Waals surface area contributed by atoms with Crippen molar-refractivity contribution in [3.8, 4) is 0 Å². The van der Waals surface area contributed by atoms with Gasteiger partial charge in [0.2, 0.25) is 0 Å². The van der Waals surface area contributed by atoms with Crippen LogP contribution in [-0.2, 0) is 13.0 Å². The van der Waals surface area contributed by atoms with Gasteiger partial charge in [-0.25, -0.2) is 9.55 Å². The standard InChI is InChI=1S/C11H14N2.2ClH/c1-3-11-12-9-7-5-6-8-10(9)13(11)4-2;;/h5-8H,3-4H2,1-2H3;2*1H. The zero-order valence-electron chi connectivity index (χ0n) is 8.96. The fourth-order valence-electron chi connectivity index (χ4n) is 1.82. The summed E-state index contributed by atoms with van der Waals surface area (Å²) < 4.78 is 2.33. The van der Waals surface area contributed by atoms with Gasteiger partial charge in [-0.15, -0.1) is 12.4 Å². The molecule has 0 aliphatic heterocycles. The van der Waals surface area contributed by atoms with Gasteiger partial charge in [-0.2, -0.15) is 0 Å². The zero-order valence-corrected chi connectivity index (χ0v) is 10.5. The summed E-state index contributed by atoms with van der Waals surface area (Å²) in [6.45, 7) is 5.39. The minimum Gasteiger partial charge on any atom is -1.00 e. The van der Waals surface area contributed by atoms with E-state index in [0.717, 1.165) is 13.0 Å². The molecule has 1 aromatic heterocycles. The highest BCUT2D eigenvalue weighted by Crippen LogP contribution is 2.08. The van der Waals surface area contributed by atoms with E-state index in [0.29, 0.717) is 0 Å². The number of imidazole rings is 1. The first-order valence-corrected chi connectivity index (χ1v) is 4.86. The maximum absolute atomic E-state index is 3.43. The Morgan fingerprint density at radius 2 is 1.87 bits per heavy atom. The number of nitrogens with one attached hydrogen (secondary N) is 1. The molecule has 0 atom stereocenters. The Bertz CT molecular complexity index is 423. The molecule has 0 aliphatic rings. The molecule has 1 heterocycles. The van der Waals surface area contributed by atoms with E-state index in [4.69, 9.17) is 0 Å². The minimum atomic E-state index is 0. The summed E-state index contributed by atoms with van der Waals surface area (Å²) in [6.07, 6.45) is 1.06. The van der Waals surface area contributed by atoms with Gasteiger partial charge in [0.25, 0.3) is 5.82 Å². The highest BCUT2D eigenvalue weighted by molar-refractivity contribution is 5.85. The number of H-pyrrole nitrogens is 1. The van der Waals surface area contributed by atoms with Crippen LogP contribution in [0, 0.1) is 0 Å². The van der Waals surface area contributed by atoms with E-state index < -0.39 is 0 Å². The predicted octanol–water partition coefficient (Wildman–Crippen LogP) is -0.536. The molecular formula is C11H16Cl2N2. The lowest BCUT2D eigenvalue weighted by atomic mass is 10.3. The summed E-state index contributed by atoms with van der Waals surface area (Å²) in [6, 6.07) is 8.44. The van der Waals surface area contributed by atoms with Gasteiger partial charge >= 0.3 is 0 Å². The molecule has 84 valence electrons. The largest absolute Gasteiger partial charge is 1.00 e. The quantitative estimate of drug-likeness (QED) is 0.688. The van der Waals surface area contributed by atoms with E-state index in [9.17, 15) is 0 Å². The lowest BCUT2D eigenvalue weighted by Crippen LogP contribution is -3.00. The first kappa shape index (κ1) is 14.3. The Hall–Kier alpha value is -0.730. The number of aromatic amines is 1. The molecule has 0 aliphatic carbocycles. The molecule has 0 unspecified atom stereocenters. The van der Waals surface area contributed by atoms with Crippen molar-refractivity contribution in [1.82, 2.24) is 4.98 Å². The van der Waals surface area contributed by atoms with Crippen molar-refractivity contribution in [3.05, 3.63) is 30.1 Å². The van der Waals surface area contributed by atoms with Crippen molar-refractivity contribution in [2.24, 2.45) is 0 Å². The number of nitrogens with zero attached hydrogens (tertiary/aromatic N) is 1. The Morgan fingerprint density at radius 3 is 2.47 bits per heavy atom. The van der Waals surface area contributed by atoms with Crippen molar-refractivity contribution < 1.29 is 17.0 Å². The number of rotatable bonds is 2. The molecular weight excluding hydrogens is 231 g/mol. The molecule has 2 nitrogen and oxygen atoms in total. The zero-order chi connectivity index (χ0) is 9.26. The van der Waals surface area contributed by atoms with Gasteiger partial charge in [-0.3, -0.25) is 0 Å². The van der Waals surface area contributed by atoms with E-state index in [1.807, 2.05) is 0 Å². The topological polar surface area (TPSA) is 19.7 Å². The Morgan fingerprint density at radius 1 is 1.20 bits per heavy atom. The number of benzene rings is 1. The number of hydrogen-bond acceptors (Lipinski definition) is 0. The highest BCUT2D eigenvalue weighted by Gasteiger charge is 2.13. The van der Waals surface area contributed by atoms with Gasteiger partial charge < -0.3 is 12.4 Å². The second kappa shape index (κ2) is 5.99. The Balaban J connectivity index is 0.000000980. The Kier molecular flexibility index (Phi) is 5.69. The number of hydrogen-bond donors (Lipinski definition) is 1. The third kappa shape index (κ3) is 2.44. The maximum atomic E-state index is 3.43. The van der Waals surface area contributed by atoms with Crippen LogP contribution in [0.1, 0.15) is 19.7 Å². The van der Waals surface area contributed by atoms with Crippen molar-refractivity contribution in [2.75, 3.05) is 0 Å². The third-order valence-electron chi connectivity index (χ3n) is 2.45. The van der Waals surface area contributed by atoms with Gasteiger partial charge in [0, 0.05) is 6.42 Å². The summed E-state index contributed by atoms with van der Waals surface area (Å²) in [5.74, 6) is 1.31. The average Bonchev–Trinajstić information content (AvgIpc) is 2.55. The average molecular weight is 247 g/mol. The fraction of sp³-hybridized carbons (Fsp3) is 0.364. The molecule has 0 fully saturated rings. The van der Waals surface area contributed by atoms with Gasteiger partial charge in [-0.05, 0) is 19.1 Å². The lowest BCUT2D eigenvalue weighted by molar-refractivity contribution is -0.675. The first-order chi connectivity index (χ1) is 6.36. The van der Waals surface area contributed by atoms with Gasteiger partial charge in [0.1, 0.15) is 0 Å². The van der Waals surface area contributed by atoms with Crippen LogP contribution in [0.3, 0.4) is 0 Å². The van der Waals surface area contributed by atoms with Crippen LogP contribution in [0.15, 0.2) is 24.3 Å². The van der Waals surface area contributed by atoms with Crippen LogP contribution in [0.2, 0.25) is 0 Å². The lowest BCUT2D eigenvalue weighted by Gasteiger charge is -1.93. The molecule has 2 rings (SSSR count). The second-order valence-corrected chi connectivity index (χ2v) is 3.19. The molecule has 0 saturated carbocycles. The van der Waals surface area contributed by atoms with Crippen LogP contribution >= 0.6 is 12.4 Å². The molecule has 0 radical (unpaired) electrons. The summed E-state index contributed by atoms with van der Waals surface area (Å²) in [5.41, 5.74) is 2.54. The molecule has 0 spiro atoms. The third-order valence-corrected chi connectivity index (χ3v) is 2.45. The molecule has 1 N–H and O–H groups in total. The van der Waals surface area contributed by atoms with Crippen molar-refractivity contribution in [2.45, 2.75) is 26.8 Å². The SMILES string of the molecule is CCc1[nH]c2ccccc2[n+]1CC.Cl.[Cl-]. The summed E-state index contributed by atoms with van der Waals surface area (Å²) in [7, 11) is 0. The molecule has 15 heavy (non-hydrogen) atoms. The highest BCUT2D eigenvalue weighted by atomic mass is 35.5. The predicted molar refractivity (Wildman–Crippen MR) is 60.8 cm³/mol. The van der Waals surface area contributed by atoms with Crippen molar-refractivity contribution in [3.63, 3.8) is 0 Å². The molecule has 1 aromatic carbocycles. The normalized spacial score (nSPS) is 9.47. The first-order valence-electron chi connectivity index (χ1n) is 4.86. The van der Waals surface area contributed by atoms with Gasteiger partial charge in [0.15, 0.2) is 11.0 Å². The molecule has 0 amide bonds. The van der Waals surface area contributed by atoms with Crippen LogP contribution < -0.4 is 17.0 Å². The van der Waals surface area contributed by atoms with E-state index >= 15 is 0 Å². The fourth-order valence-corrected chi connectivity index (χ4v) is 1.82. The number of fused-ring (bicyclic) bond motifs is 1. The van der Waals surface area contributed by atoms with Gasteiger partial charge in [0.05, 0.1) is 6.54 Å². The number of para-hydroxylation sites is 2. The van der Waals surface area contributed by atoms with Crippen molar-refractivity contribution >= 4 is 23.4 Å². The van der Waals surface area contributed by atoms with Gasteiger partial charge in [-0.1, -0.05) is 19.1 Å². The smallest absolute Gasteiger partial charge is 0.254 e. The van der Waals surface area contributed by atoms with E-state index in [2.05, 4.69) is 47.7 Å². The number of halogens is 2. The summed E-state index contributed by atoms with van der Waals surface area (Å²) in [5, 5.41) is 0. The van der Waals surface area contributed by atoms with Crippen LogP contribution in [0.25, 0.3) is 11.0 Å². The van der Waals surface area contributed by atoms with Crippen LogP contribution in [0.4, 0.5) is 0 Å². The van der Waals surface area contributed by atoms with Crippen LogP contribution in [-0.4, -0.2) is 4.98 Å². The summed E-state index contributed by atoms with van der Waals surface area (Å²) >= 11 is 0. The molecule has 0 saturated heterocycles. The second-order valence-electron chi connectivity index (χ2n) is 3.19. The maximum Gasteiger partial charge on any atom is 0.254 e. The monoisotopic (exact) mass is 246 g/mol. The number of aromatic nitrogens is 2. The Labute approximate surface area is 103 Å². The molecule has 2 aromatic rings. The van der Waals surface area contributed by atoms with Crippen LogP contribution in [0.5, 0.6) is 0 Å². The van der Waals surface area contributed by atoms with E-state index in [-0.39, 0.29) is 24.8 Å². The molecule has 4 heteroatoms. The molecule has 0 bridgehead atoms. The number of aryl methyl sites for hydroxylation is 2. The summed E-state index contributed by atoms with van der Waals surface area (Å²) in [4.78, 5) is 3.43. The van der Waals surface area contributed by atoms with Crippen molar-refractivity contribution in [1.29, 1.82) is 0 Å². The van der Waals surface area contributed by atoms with E-state index in [1.165, 1.54) is 16.9 Å².